The molecule has 2 unspecified atom stereocenters. The minimum atomic E-state index is 0.00833. The molecule has 9 rings (SSSR count). The fourth-order valence-electron chi connectivity index (χ4n) is 6.38. The van der Waals surface area contributed by atoms with Crippen molar-refractivity contribution in [2.45, 2.75) is 16.2 Å². The summed E-state index contributed by atoms with van der Waals surface area (Å²) < 4.78 is 9.64. The lowest BCUT2D eigenvalue weighted by Gasteiger charge is -2.29. The van der Waals surface area contributed by atoms with Gasteiger partial charge in [-0.1, -0.05) is 91.0 Å². The van der Waals surface area contributed by atoms with E-state index in [1.54, 1.807) is 0 Å². The summed E-state index contributed by atoms with van der Waals surface area (Å²) in [6.45, 7) is 0. The molecule has 39 heavy (non-hydrogen) atoms. The Labute approximate surface area is 234 Å². The van der Waals surface area contributed by atoms with E-state index in [2.05, 4.69) is 121 Å². The average molecular weight is 535 g/mol. The molecular formula is C36H22OS2. The van der Waals surface area contributed by atoms with E-state index in [-0.39, 0.29) is 11.4 Å². The Hall–Kier alpha value is -4.05. The molecule has 2 aliphatic heterocycles. The van der Waals surface area contributed by atoms with Crippen LogP contribution in [0.15, 0.2) is 126 Å². The minimum absolute atomic E-state index is 0.00833. The molecule has 0 fully saturated rings. The van der Waals surface area contributed by atoms with Crippen LogP contribution >= 0.6 is 23.1 Å². The minimum Gasteiger partial charge on any atom is -0.483 e. The van der Waals surface area contributed by atoms with Gasteiger partial charge in [-0.3, -0.25) is 0 Å². The third-order valence-electron chi connectivity index (χ3n) is 8.21. The van der Waals surface area contributed by atoms with E-state index < -0.39 is 0 Å². The van der Waals surface area contributed by atoms with Gasteiger partial charge in [-0.2, -0.15) is 0 Å². The van der Waals surface area contributed by atoms with Gasteiger partial charge in [0.1, 0.15) is 11.9 Å². The predicted molar refractivity (Wildman–Crippen MR) is 166 cm³/mol. The second kappa shape index (κ2) is 8.22. The van der Waals surface area contributed by atoms with E-state index in [9.17, 15) is 0 Å². The number of rotatable bonds is 2. The molecule has 3 heterocycles. The summed E-state index contributed by atoms with van der Waals surface area (Å²) in [6.07, 6.45) is 0.00833. The third kappa shape index (κ3) is 3.21. The molecule has 0 amide bonds. The molecule has 0 saturated carbocycles. The van der Waals surface area contributed by atoms with Gasteiger partial charge in [0.15, 0.2) is 0 Å². The molecule has 6 aromatic carbocycles. The van der Waals surface area contributed by atoms with Gasteiger partial charge in [0.25, 0.3) is 0 Å². The first-order valence-corrected chi connectivity index (χ1v) is 15.0. The van der Waals surface area contributed by atoms with Gasteiger partial charge < -0.3 is 4.74 Å². The lowest BCUT2D eigenvalue weighted by molar-refractivity contribution is 0.201. The summed E-state index contributed by atoms with van der Waals surface area (Å²) >= 11 is 3.85. The zero-order valence-corrected chi connectivity index (χ0v) is 22.6. The molecule has 0 bridgehead atoms. The molecule has 1 nitrogen and oxygen atoms in total. The van der Waals surface area contributed by atoms with Crippen molar-refractivity contribution < 1.29 is 4.74 Å². The summed E-state index contributed by atoms with van der Waals surface area (Å²) in [5, 5.41) is 5.44. The van der Waals surface area contributed by atoms with Crippen molar-refractivity contribution >= 4 is 54.0 Å². The lowest BCUT2D eigenvalue weighted by atomic mass is 9.91. The molecule has 184 valence electrons. The van der Waals surface area contributed by atoms with Gasteiger partial charge in [0, 0.05) is 41.4 Å². The topological polar surface area (TPSA) is 9.23 Å². The number of fused-ring (bicyclic) bond motifs is 8. The van der Waals surface area contributed by atoms with Crippen molar-refractivity contribution in [3.63, 3.8) is 0 Å². The van der Waals surface area contributed by atoms with Crippen LogP contribution in [0.2, 0.25) is 0 Å². The molecule has 0 saturated heterocycles. The number of hydrogen-bond acceptors (Lipinski definition) is 3. The van der Waals surface area contributed by atoms with Crippen LogP contribution < -0.4 is 4.74 Å². The SMILES string of the molecule is c1ccc(-c2ccc3c(c2)C2Oc4cc5c6cc(-c7ccccc7)ccc6sc5c5cccc(c45)C2S3)cc1. The Morgan fingerprint density at radius 3 is 2.08 bits per heavy atom. The largest absolute Gasteiger partial charge is 0.483 e. The summed E-state index contributed by atoms with van der Waals surface area (Å²) in [5.74, 6) is 1.01. The first-order chi connectivity index (χ1) is 19.3. The predicted octanol–water partition coefficient (Wildman–Crippen LogP) is 10.8. The maximum absolute atomic E-state index is 6.97. The zero-order chi connectivity index (χ0) is 25.5. The van der Waals surface area contributed by atoms with Crippen molar-refractivity contribution in [1.82, 2.24) is 0 Å². The van der Waals surface area contributed by atoms with Gasteiger partial charge in [0.2, 0.25) is 0 Å². The van der Waals surface area contributed by atoms with E-state index >= 15 is 0 Å². The molecule has 0 aliphatic carbocycles. The van der Waals surface area contributed by atoms with Crippen LogP contribution in [-0.2, 0) is 0 Å². The molecule has 2 aliphatic rings. The highest BCUT2D eigenvalue weighted by molar-refractivity contribution is 8.00. The Balaban J connectivity index is 1.23. The average Bonchev–Trinajstić information content (AvgIpc) is 3.56. The molecule has 0 spiro atoms. The quantitative estimate of drug-likeness (QED) is 0.218. The Morgan fingerprint density at radius 2 is 1.28 bits per heavy atom. The van der Waals surface area contributed by atoms with Gasteiger partial charge in [-0.25, -0.2) is 0 Å². The van der Waals surface area contributed by atoms with Crippen molar-refractivity contribution in [1.29, 1.82) is 0 Å². The number of hydrogen-bond donors (Lipinski definition) is 0. The number of ether oxygens (including phenoxy) is 1. The van der Waals surface area contributed by atoms with E-state index in [1.807, 2.05) is 23.1 Å². The smallest absolute Gasteiger partial charge is 0.141 e. The van der Waals surface area contributed by atoms with Gasteiger partial charge >= 0.3 is 0 Å². The monoisotopic (exact) mass is 534 g/mol. The van der Waals surface area contributed by atoms with Crippen LogP contribution in [0.4, 0.5) is 0 Å². The second-order valence-corrected chi connectivity index (χ2v) is 12.6. The highest BCUT2D eigenvalue weighted by atomic mass is 32.2. The summed E-state index contributed by atoms with van der Waals surface area (Å²) in [7, 11) is 0. The molecular weight excluding hydrogens is 513 g/mol. The first kappa shape index (κ1) is 21.8. The first-order valence-electron chi connectivity index (χ1n) is 13.3. The maximum Gasteiger partial charge on any atom is 0.141 e. The van der Waals surface area contributed by atoms with E-state index in [0.717, 1.165) is 5.75 Å². The fraction of sp³-hybridized carbons (Fsp3) is 0.0556. The molecule has 0 N–H and O–H groups in total. The van der Waals surface area contributed by atoms with Crippen molar-refractivity contribution in [2.75, 3.05) is 0 Å². The molecule has 2 atom stereocenters. The Morgan fingerprint density at radius 1 is 0.538 bits per heavy atom. The summed E-state index contributed by atoms with van der Waals surface area (Å²) in [6, 6.07) is 44.2. The van der Waals surface area contributed by atoms with E-state index in [1.165, 1.54) is 69.2 Å². The van der Waals surface area contributed by atoms with E-state index in [4.69, 9.17) is 4.74 Å². The maximum atomic E-state index is 6.97. The van der Waals surface area contributed by atoms with Crippen LogP contribution in [0.5, 0.6) is 5.75 Å². The third-order valence-corrected chi connectivity index (χ3v) is 10.8. The highest BCUT2D eigenvalue weighted by Gasteiger charge is 2.41. The standard InChI is InChI=1S/C36H22OS2/c1-3-8-21(9-4-1)23-14-16-31-27(18-23)28-20-30-33-25(35(28)38-31)12-7-13-26(33)36-34(37-30)29-19-24(15-17-32(29)39-36)22-10-5-2-6-11-22/h1-20,34,36H. The summed E-state index contributed by atoms with van der Waals surface area (Å²) in [5.41, 5.74) is 7.68. The number of thioether (sulfide) groups is 1. The van der Waals surface area contributed by atoms with Crippen LogP contribution in [0, 0.1) is 0 Å². The van der Waals surface area contributed by atoms with Crippen molar-refractivity contribution in [3.8, 4) is 28.0 Å². The molecule has 0 radical (unpaired) electrons. The van der Waals surface area contributed by atoms with Gasteiger partial charge in [-0.15, -0.1) is 23.1 Å². The molecule has 1 aromatic heterocycles. The molecule has 3 heteroatoms. The number of benzene rings is 6. The van der Waals surface area contributed by atoms with Crippen LogP contribution in [-0.4, -0.2) is 0 Å². The fourth-order valence-corrected chi connectivity index (χ4v) is 8.95. The van der Waals surface area contributed by atoms with Crippen LogP contribution in [0.25, 0.3) is 53.2 Å². The normalized spacial score (nSPS) is 17.3. The zero-order valence-electron chi connectivity index (χ0n) is 20.9. The number of thiophene rings is 1. The van der Waals surface area contributed by atoms with Crippen molar-refractivity contribution in [2.24, 2.45) is 0 Å². The Kier molecular flexibility index (Phi) is 4.60. The van der Waals surface area contributed by atoms with Crippen molar-refractivity contribution in [3.05, 3.63) is 132 Å². The van der Waals surface area contributed by atoms with Gasteiger partial charge in [0.05, 0.1) is 5.25 Å². The van der Waals surface area contributed by atoms with Crippen LogP contribution in [0.3, 0.4) is 0 Å². The van der Waals surface area contributed by atoms with Gasteiger partial charge in [-0.05, 0) is 58.1 Å². The molecule has 7 aromatic rings. The highest BCUT2D eigenvalue weighted by Crippen LogP contribution is 2.61. The second-order valence-electron chi connectivity index (χ2n) is 10.4. The van der Waals surface area contributed by atoms with E-state index in [0.29, 0.717) is 0 Å². The lowest BCUT2D eigenvalue weighted by Crippen LogP contribution is -2.16. The van der Waals surface area contributed by atoms with Crippen LogP contribution in [0.1, 0.15) is 22.5 Å². The Bertz CT molecular complexity index is 2080. The summed E-state index contributed by atoms with van der Waals surface area (Å²) in [4.78, 5) is 1.33.